The lowest BCUT2D eigenvalue weighted by atomic mass is 9.67. The van der Waals surface area contributed by atoms with Gasteiger partial charge in [-0.05, 0) is 64.5 Å². The average molecular weight is 350 g/mol. The van der Waals surface area contributed by atoms with Crippen molar-refractivity contribution < 1.29 is 4.79 Å². The van der Waals surface area contributed by atoms with Crippen LogP contribution < -0.4 is 0 Å². The Balaban J connectivity index is 1.49. The van der Waals surface area contributed by atoms with E-state index in [0.29, 0.717) is 11.8 Å². The molecule has 3 rings (SSSR count). The van der Waals surface area contributed by atoms with Crippen molar-refractivity contribution in [3.8, 4) is 0 Å². The van der Waals surface area contributed by atoms with Gasteiger partial charge in [-0.25, -0.2) is 4.98 Å². The van der Waals surface area contributed by atoms with E-state index in [9.17, 15) is 4.79 Å². The third-order valence-electron chi connectivity index (χ3n) is 6.16. The van der Waals surface area contributed by atoms with Crippen LogP contribution in [0.3, 0.4) is 0 Å². The molecule has 1 aliphatic carbocycles. The maximum absolute atomic E-state index is 12.6. The molecule has 1 aromatic rings. The Kier molecular flexibility index (Phi) is 5.60. The van der Waals surface area contributed by atoms with Crippen LogP contribution in [0.4, 0.5) is 0 Å². The monoisotopic (exact) mass is 349 g/mol. The summed E-state index contributed by atoms with van der Waals surface area (Å²) in [6, 6.07) is 0.757. The third-order valence-corrected chi connectivity index (χ3v) is 7.20. The second-order valence-electron chi connectivity index (χ2n) is 7.84. The van der Waals surface area contributed by atoms with Gasteiger partial charge in [-0.3, -0.25) is 4.79 Å². The summed E-state index contributed by atoms with van der Waals surface area (Å²) in [5.41, 5.74) is 1.47. The molecule has 0 radical (unpaired) electrons. The Hall–Kier alpha value is -0.940. The minimum atomic E-state index is 0.264. The van der Waals surface area contributed by atoms with E-state index in [1.54, 1.807) is 11.3 Å². The smallest absolute Gasteiger partial charge is 0.228 e. The number of likely N-dealkylation sites (tertiary alicyclic amines) is 1. The van der Waals surface area contributed by atoms with Crippen LogP contribution in [0.25, 0.3) is 0 Å². The third kappa shape index (κ3) is 3.99. The number of carbonyl (C=O) groups excluding carboxylic acids is 1. The van der Waals surface area contributed by atoms with Crippen molar-refractivity contribution in [3.63, 3.8) is 0 Å². The lowest BCUT2D eigenvalue weighted by molar-refractivity contribution is -0.133. The quantitative estimate of drug-likeness (QED) is 0.836. The van der Waals surface area contributed by atoms with Crippen LogP contribution >= 0.6 is 11.3 Å². The van der Waals surface area contributed by atoms with Gasteiger partial charge in [0.15, 0.2) is 0 Å². The molecule has 0 bridgehead atoms. The van der Waals surface area contributed by atoms with Gasteiger partial charge in [0.1, 0.15) is 0 Å². The zero-order chi connectivity index (χ0) is 17.2. The molecular formula is C19H31N3OS. The first-order valence-corrected chi connectivity index (χ1v) is 10.3. The summed E-state index contributed by atoms with van der Waals surface area (Å²) in [6.07, 6.45) is 9.13. The molecule has 1 aromatic heterocycles. The molecule has 1 amide bonds. The van der Waals surface area contributed by atoms with Gasteiger partial charge in [0, 0.05) is 24.5 Å². The maximum atomic E-state index is 12.6. The fourth-order valence-corrected chi connectivity index (χ4v) is 5.07. The van der Waals surface area contributed by atoms with Crippen molar-refractivity contribution in [2.75, 3.05) is 27.2 Å². The largest absolute Gasteiger partial charge is 0.342 e. The molecular weight excluding hydrogens is 318 g/mol. The van der Waals surface area contributed by atoms with Crippen molar-refractivity contribution in [1.29, 1.82) is 0 Å². The van der Waals surface area contributed by atoms with E-state index in [0.717, 1.165) is 36.3 Å². The molecule has 0 N–H and O–H groups in total. The van der Waals surface area contributed by atoms with Crippen molar-refractivity contribution in [1.82, 2.24) is 14.8 Å². The summed E-state index contributed by atoms with van der Waals surface area (Å²) < 4.78 is 0. The van der Waals surface area contributed by atoms with Crippen LogP contribution in [0, 0.1) is 5.41 Å². The van der Waals surface area contributed by atoms with E-state index in [4.69, 9.17) is 0 Å². The van der Waals surface area contributed by atoms with Gasteiger partial charge >= 0.3 is 0 Å². The van der Waals surface area contributed by atoms with Crippen LogP contribution in [0.15, 0.2) is 5.38 Å². The van der Waals surface area contributed by atoms with E-state index in [1.807, 2.05) is 5.38 Å². The molecule has 5 heteroatoms. The Labute approximate surface area is 150 Å². The summed E-state index contributed by atoms with van der Waals surface area (Å²) >= 11 is 1.67. The first kappa shape index (κ1) is 17.9. The topological polar surface area (TPSA) is 36.4 Å². The number of nitrogens with zero attached hydrogens (tertiary/aromatic N) is 3. The molecule has 1 saturated heterocycles. The minimum absolute atomic E-state index is 0.264. The van der Waals surface area contributed by atoms with Crippen LogP contribution in [0.5, 0.6) is 0 Å². The van der Waals surface area contributed by atoms with Crippen LogP contribution in [-0.2, 0) is 17.6 Å². The highest BCUT2D eigenvalue weighted by Crippen LogP contribution is 2.45. The number of hydrogen-bond acceptors (Lipinski definition) is 4. The molecule has 2 aliphatic rings. The second kappa shape index (κ2) is 7.52. The van der Waals surface area contributed by atoms with Gasteiger partial charge in [0.05, 0.1) is 17.1 Å². The van der Waals surface area contributed by atoms with E-state index in [1.165, 1.54) is 38.5 Å². The first-order chi connectivity index (χ1) is 11.5. The highest BCUT2D eigenvalue weighted by molar-refractivity contribution is 7.09. The van der Waals surface area contributed by atoms with Crippen molar-refractivity contribution in [3.05, 3.63) is 16.1 Å². The number of aryl methyl sites for hydroxylation is 1. The predicted molar refractivity (Wildman–Crippen MR) is 99.4 cm³/mol. The summed E-state index contributed by atoms with van der Waals surface area (Å²) in [5.74, 6) is 0.264. The summed E-state index contributed by atoms with van der Waals surface area (Å²) in [5, 5.41) is 3.18. The van der Waals surface area contributed by atoms with Crippen molar-refractivity contribution in [2.24, 2.45) is 5.41 Å². The fraction of sp³-hybridized carbons (Fsp3) is 0.789. The second-order valence-corrected chi connectivity index (χ2v) is 8.78. The summed E-state index contributed by atoms with van der Waals surface area (Å²) in [4.78, 5) is 21.6. The van der Waals surface area contributed by atoms with Gasteiger partial charge in [0.25, 0.3) is 0 Å². The first-order valence-electron chi connectivity index (χ1n) is 9.39. The lowest BCUT2D eigenvalue weighted by Crippen LogP contribution is -2.46. The number of carbonyl (C=O) groups is 1. The molecule has 134 valence electrons. The Morgan fingerprint density at radius 3 is 2.50 bits per heavy atom. The Bertz CT molecular complexity index is 551. The maximum Gasteiger partial charge on any atom is 0.228 e. The fourth-order valence-electron chi connectivity index (χ4n) is 4.32. The standard InChI is InChI=1S/C19H31N3OS/c1-4-17-20-15(14-24-17)13-18(23)22-11-9-19(10-12-22)7-5-16(6-8-19)21(2)3/h14,16H,4-13H2,1-3H3. The van der Waals surface area contributed by atoms with Crippen LogP contribution in [-0.4, -0.2) is 53.9 Å². The molecule has 1 aliphatic heterocycles. The van der Waals surface area contributed by atoms with Crippen molar-refractivity contribution >= 4 is 17.2 Å². The number of thiazole rings is 1. The summed E-state index contributed by atoms with van der Waals surface area (Å²) in [6.45, 7) is 3.99. The predicted octanol–water partition coefficient (Wildman–Crippen LogP) is 3.36. The van der Waals surface area contributed by atoms with Gasteiger partial charge < -0.3 is 9.80 Å². The van der Waals surface area contributed by atoms with Gasteiger partial charge in [-0.15, -0.1) is 11.3 Å². The molecule has 0 aromatic carbocycles. The van der Waals surface area contributed by atoms with E-state index in [2.05, 4.69) is 35.8 Å². The molecule has 0 atom stereocenters. The zero-order valence-corrected chi connectivity index (χ0v) is 16.2. The normalized spacial score (nSPS) is 21.6. The molecule has 4 nitrogen and oxygen atoms in total. The van der Waals surface area contributed by atoms with Gasteiger partial charge in [-0.1, -0.05) is 6.92 Å². The van der Waals surface area contributed by atoms with Crippen LogP contribution in [0.1, 0.15) is 56.2 Å². The lowest BCUT2D eigenvalue weighted by Gasteiger charge is -2.47. The number of aromatic nitrogens is 1. The molecule has 1 saturated carbocycles. The van der Waals surface area contributed by atoms with Crippen molar-refractivity contribution in [2.45, 2.75) is 64.3 Å². The zero-order valence-electron chi connectivity index (χ0n) is 15.4. The summed E-state index contributed by atoms with van der Waals surface area (Å²) in [7, 11) is 4.40. The minimum Gasteiger partial charge on any atom is -0.342 e. The Morgan fingerprint density at radius 2 is 1.96 bits per heavy atom. The van der Waals surface area contributed by atoms with Crippen LogP contribution in [0.2, 0.25) is 0 Å². The Morgan fingerprint density at radius 1 is 1.29 bits per heavy atom. The average Bonchev–Trinajstić information content (AvgIpc) is 3.03. The van der Waals surface area contributed by atoms with E-state index >= 15 is 0 Å². The van der Waals surface area contributed by atoms with Gasteiger partial charge in [0.2, 0.25) is 5.91 Å². The SMILES string of the molecule is CCc1nc(CC(=O)N2CCC3(CCC(N(C)C)CC3)CC2)cs1. The number of rotatable bonds is 4. The molecule has 24 heavy (non-hydrogen) atoms. The molecule has 1 spiro atoms. The number of amides is 1. The molecule has 2 heterocycles. The van der Waals surface area contributed by atoms with E-state index < -0.39 is 0 Å². The number of hydrogen-bond donors (Lipinski definition) is 0. The highest BCUT2D eigenvalue weighted by Gasteiger charge is 2.39. The van der Waals surface area contributed by atoms with Gasteiger partial charge in [-0.2, -0.15) is 0 Å². The molecule has 0 unspecified atom stereocenters. The number of piperidine rings is 1. The highest BCUT2D eigenvalue weighted by atomic mass is 32.1. The molecule has 2 fully saturated rings. The van der Waals surface area contributed by atoms with E-state index in [-0.39, 0.29) is 5.91 Å².